The Morgan fingerprint density at radius 2 is 2.21 bits per heavy atom. The van der Waals surface area contributed by atoms with Crippen molar-refractivity contribution in [1.29, 1.82) is 5.26 Å². The number of nitrogens with zero attached hydrogens (tertiary/aromatic N) is 2. The van der Waals surface area contributed by atoms with Crippen molar-refractivity contribution in [2.75, 3.05) is 16.9 Å². The molecule has 2 aromatic rings. The van der Waals surface area contributed by atoms with Crippen LogP contribution in [0.5, 0.6) is 0 Å². The predicted molar refractivity (Wildman–Crippen MR) is 87.8 cm³/mol. The van der Waals surface area contributed by atoms with E-state index in [4.69, 9.17) is 5.26 Å². The molecule has 1 saturated heterocycles. The second-order valence-electron chi connectivity index (χ2n) is 5.17. The van der Waals surface area contributed by atoms with Crippen LogP contribution in [0.3, 0.4) is 0 Å². The van der Waals surface area contributed by atoms with Crippen LogP contribution < -0.4 is 5.32 Å². The molecule has 2 heterocycles. The summed E-state index contributed by atoms with van der Waals surface area (Å²) in [5.41, 5.74) is 0.675. The SMILES string of the molecule is N#Cc1c[nH]c(C(=O)N2CSC[C@@H]2C(=O)Nc2ccccc2F)c1. The first-order chi connectivity index (χ1) is 11.6. The van der Waals surface area contributed by atoms with Crippen LogP contribution in [0.25, 0.3) is 0 Å². The fraction of sp³-hybridized carbons (Fsp3) is 0.188. The van der Waals surface area contributed by atoms with Gasteiger partial charge in [0.2, 0.25) is 5.91 Å². The molecule has 0 radical (unpaired) electrons. The van der Waals surface area contributed by atoms with Gasteiger partial charge in [0.15, 0.2) is 0 Å². The summed E-state index contributed by atoms with van der Waals surface area (Å²) in [5.74, 6) is -0.550. The summed E-state index contributed by atoms with van der Waals surface area (Å²) in [4.78, 5) is 29.1. The lowest BCUT2D eigenvalue weighted by Gasteiger charge is -2.22. The van der Waals surface area contributed by atoms with Gasteiger partial charge in [-0.25, -0.2) is 4.39 Å². The van der Waals surface area contributed by atoms with Gasteiger partial charge in [-0.05, 0) is 18.2 Å². The van der Waals surface area contributed by atoms with Crippen LogP contribution in [0, 0.1) is 17.1 Å². The third-order valence-electron chi connectivity index (χ3n) is 3.62. The maximum atomic E-state index is 13.7. The third-order valence-corrected chi connectivity index (χ3v) is 4.63. The molecule has 24 heavy (non-hydrogen) atoms. The van der Waals surface area contributed by atoms with Crippen LogP contribution in [0.4, 0.5) is 10.1 Å². The molecule has 1 aliphatic rings. The van der Waals surface area contributed by atoms with Gasteiger partial charge in [0.05, 0.1) is 17.1 Å². The maximum absolute atomic E-state index is 13.7. The van der Waals surface area contributed by atoms with E-state index in [1.54, 1.807) is 6.07 Å². The first kappa shape index (κ1) is 16.1. The number of rotatable bonds is 3. The second-order valence-corrected chi connectivity index (χ2v) is 6.17. The lowest BCUT2D eigenvalue weighted by molar-refractivity contribution is -0.119. The summed E-state index contributed by atoms with van der Waals surface area (Å²) in [7, 11) is 0. The third kappa shape index (κ3) is 3.12. The molecule has 0 aliphatic carbocycles. The van der Waals surface area contributed by atoms with E-state index in [0.717, 1.165) is 0 Å². The van der Waals surface area contributed by atoms with Crippen LogP contribution in [0.2, 0.25) is 0 Å². The lowest BCUT2D eigenvalue weighted by atomic mass is 10.2. The minimum atomic E-state index is -0.698. The van der Waals surface area contributed by atoms with Gasteiger partial charge in [-0.2, -0.15) is 5.26 Å². The standard InChI is InChI=1S/C16H13FN4O2S/c17-11-3-1-2-4-12(11)20-15(22)14-8-24-9-21(14)16(23)13-5-10(6-18)7-19-13/h1-5,7,14,19H,8-9H2,(H,20,22)/t14-/m1/s1. The number of carbonyl (C=O) groups is 2. The van der Waals surface area contributed by atoms with Gasteiger partial charge in [0.25, 0.3) is 5.91 Å². The Labute approximate surface area is 141 Å². The Morgan fingerprint density at radius 3 is 2.92 bits per heavy atom. The van der Waals surface area contributed by atoms with Gasteiger partial charge >= 0.3 is 0 Å². The number of hydrogen-bond donors (Lipinski definition) is 2. The van der Waals surface area contributed by atoms with Crippen molar-refractivity contribution >= 4 is 29.3 Å². The number of nitrogens with one attached hydrogen (secondary N) is 2. The number of benzene rings is 1. The number of carbonyl (C=O) groups excluding carboxylic acids is 2. The lowest BCUT2D eigenvalue weighted by Crippen LogP contribution is -2.44. The summed E-state index contributed by atoms with van der Waals surface area (Å²) in [6, 6.07) is 8.55. The van der Waals surface area contributed by atoms with Gasteiger partial charge in [-0.3, -0.25) is 9.59 Å². The number of para-hydroxylation sites is 1. The molecule has 122 valence electrons. The van der Waals surface area contributed by atoms with Crippen molar-refractivity contribution in [1.82, 2.24) is 9.88 Å². The maximum Gasteiger partial charge on any atom is 0.271 e. The number of nitriles is 1. The molecular formula is C16H13FN4O2S. The second kappa shape index (κ2) is 6.76. The summed E-state index contributed by atoms with van der Waals surface area (Å²) in [6.07, 6.45) is 1.44. The number of thioether (sulfide) groups is 1. The number of aromatic amines is 1. The van der Waals surface area contributed by atoms with Crippen LogP contribution >= 0.6 is 11.8 Å². The molecular weight excluding hydrogens is 331 g/mol. The summed E-state index contributed by atoms with van der Waals surface area (Å²) >= 11 is 1.44. The molecule has 1 aromatic heterocycles. The molecule has 2 N–H and O–H groups in total. The summed E-state index contributed by atoms with van der Waals surface area (Å²) < 4.78 is 13.7. The first-order valence-corrected chi connectivity index (χ1v) is 8.28. The molecule has 2 amide bonds. The van der Waals surface area contributed by atoms with Crippen LogP contribution in [0.1, 0.15) is 16.1 Å². The van der Waals surface area contributed by atoms with E-state index in [1.807, 2.05) is 6.07 Å². The number of aromatic nitrogens is 1. The van der Waals surface area contributed by atoms with Gasteiger partial charge in [0.1, 0.15) is 23.6 Å². The van der Waals surface area contributed by atoms with E-state index in [2.05, 4.69) is 10.3 Å². The Bertz CT molecular complexity index is 829. The Kier molecular flexibility index (Phi) is 4.53. The monoisotopic (exact) mass is 344 g/mol. The highest BCUT2D eigenvalue weighted by Gasteiger charge is 2.35. The number of amides is 2. The molecule has 1 atom stereocenters. The van der Waals surface area contributed by atoms with Crippen LogP contribution in [0.15, 0.2) is 36.5 Å². The van der Waals surface area contributed by atoms with Gasteiger partial charge in [-0.15, -0.1) is 11.8 Å². The van der Waals surface area contributed by atoms with E-state index in [1.165, 1.54) is 47.1 Å². The fourth-order valence-corrected chi connectivity index (χ4v) is 3.53. The van der Waals surface area contributed by atoms with Crippen molar-refractivity contribution in [2.24, 2.45) is 0 Å². The molecule has 8 heteroatoms. The number of H-pyrrole nitrogens is 1. The minimum absolute atomic E-state index is 0.0819. The molecule has 6 nitrogen and oxygen atoms in total. The Morgan fingerprint density at radius 1 is 1.42 bits per heavy atom. The molecule has 1 aliphatic heterocycles. The first-order valence-electron chi connectivity index (χ1n) is 7.13. The van der Waals surface area contributed by atoms with Crippen molar-refractivity contribution in [3.8, 4) is 6.07 Å². The summed E-state index contributed by atoms with van der Waals surface area (Å²) in [6.45, 7) is 0. The average Bonchev–Trinajstić information content (AvgIpc) is 3.25. The Balaban J connectivity index is 1.75. The highest BCUT2D eigenvalue weighted by atomic mass is 32.2. The van der Waals surface area contributed by atoms with Gasteiger partial charge < -0.3 is 15.2 Å². The normalized spacial score (nSPS) is 16.7. The van der Waals surface area contributed by atoms with Crippen LogP contribution in [-0.4, -0.2) is 39.4 Å². The minimum Gasteiger partial charge on any atom is -0.356 e. The molecule has 0 unspecified atom stereocenters. The zero-order chi connectivity index (χ0) is 17.1. The molecule has 0 bridgehead atoms. The zero-order valence-electron chi connectivity index (χ0n) is 12.5. The quantitative estimate of drug-likeness (QED) is 0.893. The van der Waals surface area contributed by atoms with Crippen molar-refractivity contribution in [3.05, 3.63) is 53.6 Å². The zero-order valence-corrected chi connectivity index (χ0v) is 13.3. The molecule has 1 aromatic carbocycles. The largest absolute Gasteiger partial charge is 0.356 e. The van der Waals surface area contributed by atoms with Crippen molar-refractivity contribution in [3.63, 3.8) is 0 Å². The fourth-order valence-electron chi connectivity index (χ4n) is 2.38. The van der Waals surface area contributed by atoms with E-state index < -0.39 is 17.8 Å². The van der Waals surface area contributed by atoms with Crippen molar-refractivity contribution in [2.45, 2.75) is 6.04 Å². The van der Waals surface area contributed by atoms with E-state index in [9.17, 15) is 14.0 Å². The average molecular weight is 344 g/mol. The molecule has 1 fully saturated rings. The van der Waals surface area contributed by atoms with E-state index in [-0.39, 0.29) is 17.3 Å². The highest BCUT2D eigenvalue weighted by Crippen LogP contribution is 2.24. The number of hydrogen-bond acceptors (Lipinski definition) is 4. The summed E-state index contributed by atoms with van der Waals surface area (Å²) in [5, 5.41) is 11.4. The number of anilines is 1. The molecule has 3 rings (SSSR count). The van der Waals surface area contributed by atoms with E-state index >= 15 is 0 Å². The van der Waals surface area contributed by atoms with Crippen LogP contribution in [-0.2, 0) is 4.79 Å². The van der Waals surface area contributed by atoms with Crippen molar-refractivity contribution < 1.29 is 14.0 Å². The highest BCUT2D eigenvalue weighted by molar-refractivity contribution is 7.99. The molecule has 0 saturated carbocycles. The topological polar surface area (TPSA) is 89.0 Å². The smallest absolute Gasteiger partial charge is 0.271 e. The molecule has 0 spiro atoms. The van der Waals surface area contributed by atoms with E-state index in [0.29, 0.717) is 17.2 Å². The van der Waals surface area contributed by atoms with Gasteiger partial charge in [-0.1, -0.05) is 12.1 Å². The Hall–Kier alpha value is -2.79. The number of halogens is 1. The predicted octanol–water partition coefficient (Wildman–Crippen LogP) is 2.18. The van der Waals surface area contributed by atoms with Gasteiger partial charge in [0, 0.05) is 11.9 Å².